The van der Waals surface area contributed by atoms with Gasteiger partial charge in [0.25, 0.3) is 0 Å². The van der Waals surface area contributed by atoms with Crippen LogP contribution in [-0.4, -0.2) is 58.4 Å². The zero-order valence-electron chi connectivity index (χ0n) is 19.4. The number of rotatable bonds is 7. The smallest absolute Gasteiger partial charge is 0.244 e. The number of sulfonamides is 1. The van der Waals surface area contributed by atoms with E-state index in [1.807, 2.05) is 0 Å². The molecule has 0 radical (unpaired) electrons. The van der Waals surface area contributed by atoms with Gasteiger partial charge < -0.3 is 19.7 Å². The number of anilines is 2. The number of piperidine rings is 1. The number of hydrogen-bond acceptors (Lipinski definition) is 6. The number of carbonyl (C=O) groups is 2. The highest BCUT2D eigenvalue weighted by atomic mass is 32.2. The summed E-state index contributed by atoms with van der Waals surface area (Å²) in [5.74, 6) is 0.457. The molecule has 34 heavy (non-hydrogen) atoms. The van der Waals surface area contributed by atoms with Crippen LogP contribution in [0, 0.1) is 0 Å². The van der Waals surface area contributed by atoms with E-state index in [9.17, 15) is 18.0 Å². The summed E-state index contributed by atoms with van der Waals surface area (Å²) in [5.41, 5.74) is 1.82. The molecule has 4 rings (SSSR count). The van der Waals surface area contributed by atoms with Gasteiger partial charge >= 0.3 is 0 Å². The SMILES string of the molecule is COc1ccc(NC(=O)CN2C(=O)CCc3cc(S(=O)(=O)N4CCCCC4)ccc32)cc1OC. The summed E-state index contributed by atoms with van der Waals surface area (Å²) in [5, 5.41) is 2.77. The summed E-state index contributed by atoms with van der Waals surface area (Å²) in [4.78, 5) is 27.0. The summed E-state index contributed by atoms with van der Waals surface area (Å²) in [6.07, 6.45) is 3.41. The molecule has 1 saturated heterocycles. The molecule has 10 heteroatoms. The van der Waals surface area contributed by atoms with Gasteiger partial charge in [-0.1, -0.05) is 6.42 Å². The first-order valence-corrected chi connectivity index (χ1v) is 12.7. The molecular formula is C24H29N3O6S. The first kappa shape index (κ1) is 24.0. The van der Waals surface area contributed by atoms with E-state index in [0.29, 0.717) is 42.4 Å². The highest BCUT2D eigenvalue weighted by molar-refractivity contribution is 7.89. The Bertz CT molecular complexity index is 1190. The van der Waals surface area contributed by atoms with Crippen LogP contribution in [0.5, 0.6) is 11.5 Å². The van der Waals surface area contributed by atoms with Crippen molar-refractivity contribution in [3.8, 4) is 11.5 Å². The van der Waals surface area contributed by atoms with Crippen LogP contribution in [0.25, 0.3) is 0 Å². The van der Waals surface area contributed by atoms with E-state index in [1.165, 1.54) is 29.5 Å². The van der Waals surface area contributed by atoms with Gasteiger partial charge in [0.1, 0.15) is 6.54 Å². The Labute approximate surface area is 199 Å². The van der Waals surface area contributed by atoms with Gasteiger partial charge in [0.15, 0.2) is 11.5 Å². The Balaban J connectivity index is 1.52. The maximum Gasteiger partial charge on any atom is 0.244 e. The third-order valence-electron chi connectivity index (χ3n) is 6.17. The number of ether oxygens (including phenoxy) is 2. The lowest BCUT2D eigenvalue weighted by Gasteiger charge is -2.30. The normalized spacial score (nSPS) is 16.6. The predicted molar refractivity (Wildman–Crippen MR) is 128 cm³/mol. The molecule has 2 amide bonds. The standard InChI is InChI=1S/C24H29N3O6S/c1-32-21-10-7-18(15-22(21)33-2)25-23(28)16-27-20-9-8-19(14-17(20)6-11-24(27)29)34(30,31)26-12-4-3-5-13-26/h7-10,14-15H,3-6,11-13,16H2,1-2H3,(H,25,28). The maximum atomic E-state index is 13.1. The summed E-state index contributed by atoms with van der Waals surface area (Å²) in [6.45, 7) is 0.874. The second-order valence-electron chi connectivity index (χ2n) is 8.35. The molecule has 0 atom stereocenters. The number of benzene rings is 2. The Morgan fingerprint density at radius 1 is 0.971 bits per heavy atom. The predicted octanol–water partition coefficient (Wildman–Crippen LogP) is 2.80. The largest absolute Gasteiger partial charge is 0.493 e. The molecule has 2 heterocycles. The lowest BCUT2D eigenvalue weighted by Crippen LogP contribution is -2.41. The molecule has 0 spiro atoms. The molecule has 0 aliphatic carbocycles. The van der Waals surface area contributed by atoms with Gasteiger partial charge in [-0.15, -0.1) is 0 Å². The van der Waals surface area contributed by atoms with Crippen LogP contribution in [0.2, 0.25) is 0 Å². The molecule has 0 bridgehead atoms. The van der Waals surface area contributed by atoms with Gasteiger partial charge in [-0.05, 0) is 55.2 Å². The summed E-state index contributed by atoms with van der Waals surface area (Å²) < 4.78 is 38.1. The fourth-order valence-corrected chi connectivity index (χ4v) is 5.95. The van der Waals surface area contributed by atoms with Crippen molar-refractivity contribution in [3.05, 3.63) is 42.0 Å². The van der Waals surface area contributed by atoms with Crippen molar-refractivity contribution in [3.63, 3.8) is 0 Å². The quantitative estimate of drug-likeness (QED) is 0.644. The summed E-state index contributed by atoms with van der Waals surface area (Å²) in [6, 6.07) is 9.81. The van der Waals surface area contributed by atoms with Crippen LogP contribution in [0.4, 0.5) is 11.4 Å². The molecule has 9 nitrogen and oxygen atoms in total. The molecule has 2 aliphatic heterocycles. The minimum atomic E-state index is -3.57. The highest BCUT2D eigenvalue weighted by Crippen LogP contribution is 2.32. The number of aryl methyl sites for hydroxylation is 1. The van der Waals surface area contributed by atoms with E-state index in [-0.39, 0.29) is 29.7 Å². The molecule has 1 fully saturated rings. The average molecular weight is 488 g/mol. The van der Waals surface area contributed by atoms with Gasteiger partial charge in [-0.25, -0.2) is 8.42 Å². The van der Waals surface area contributed by atoms with Crippen LogP contribution < -0.4 is 19.7 Å². The van der Waals surface area contributed by atoms with E-state index < -0.39 is 10.0 Å². The number of amides is 2. The van der Waals surface area contributed by atoms with Crippen molar-refractivity contribution < 1.29 is 27.5 Å². The highest BCUT2D eigenvalue weighted by Gasteiger charge is 2.30. The summed E-state index contributed by atoms with van der Waals surface area (Å²) in [7, 11) is -0.541. The molecule has 2 aromatic carbocycles. The van der Waals surface area contributed by atoms with Crippen molar-refractivity contribution >= 4 is 33.2 Å². The molecular weight excluding hydrogens is 458 g/mol. The first-order valence-electron chi connectivity index (χ1n) is 11.3. The van der Waals surface area contributed by atoms with Gasteiger partial charge in [-0.2, -0.15) is 4.31 Å². The third-order valence-corrected chi connectivity index (χ3v) is 8.07. The van der Waals surface area contributed by atoms with Crippen molar-refractivity contribution in [2.24, 2.45) is 0 Å². The van der Waals surface area contributed by atoms with Crippen molar-refractivity contribution in [1.82, 2.24) is 4.31 Å². The van der Waals surface area contributed by atoms with Crippen molar-refractivity contribution in [1.29, 1.82) is 0 Å². The van der Waals surface area contributed by atoms with Gasteiger partial charge in [0.2, 0.25) is 21.8 Å². The average Bonchev–Trinajstić information content (AvgIpc) is 2.85. The van der Waals surface area contributed by atoms with Crippen LogP contribution in [0.1, 0.15) is 31.2 Å². The number of fused-ring (bicyclic) bond motifs is 1. The van der Waals surface area contributed by atoms with Crippen LogP contribution in [0.3, 0.4) is 0 Å². The number of nitrogens with zero attached hydrogens (tertiary/aromatic N) is 2. The fourth-order valence-electron chi connectivity index (χ4n) is 4.38. The van der Waals surface area contributed by atoms with Crippen LogP contribution in [0.15, 0.2) is 41.3 Å². The number of nitrogens with one attached hydrogen (secondary N) is 1. The van der Waals surface area contributed by atoms with Crippen molar-refractivity contribution in [2.75, 3.05) is 44.1 Å². The minimum Gasteiger partial charge on any atom is -0.493 e. The fraction of sp³-hybridized carbons (Fsp3) is 0.417. The van der Waals surface area contributed by atoms with E-state index in [0.717, 1.165) is 24.8 Å². The zero-order valence-corrected chi connectivity index (χ0v) is 20.2. The monoisotopic (exact) mass is 487 g/mol. The number of methoxy groups -OCH3 is 2. The molecule has 2 aromatic rings. The van der Waals surface area contributed by atoms with Gasteiger partial charge in [0, 0.05) is 37.0 Å². The Morgan fingerprint density at radius 3 is 2.41 bits per heavy atom. The number of carbonyl (C=O) groups excluding carboxylic acids is 2. The molecule has 0 saturated carbocycles. The third kappa shape index (κ3) is 4.88. The first-order chi connectivity index (χ1) is 16.3. The Morgan fingerprint density at radius 2 is 1.71 bits per heavy atom. The second kappa shape index (κ2) is 10.0. The second-order valence-corrected chi connectivity index (χ2v) is 10.3. The minimum absolute atomic E-state index is 0.179. The van der Waals surface area contributed by atoms with Crippen LogP contribution in [-0.2, 0) is 26.0 Å². The van der Waals surface area contributed by atoms with Gasteiger partial charge in [0.05, 0.1) is 19.1 Å². The zero-order chi connectivity index (χ0) is 24.3. The molecule has 0 aromatic heterocycles. The lowest BCUT2D eigenvalue weighted by molar-refractivity contribution is -0.121. The van der Waals surface area contributed by atoms with Crippen molar-refractivity contribution in [2.45, 2.75) is 37.0 Å². The van der Waals surface area contributed by atoms with E-state index in [4.69, 9.17) is 9.47 Å². The molecule has 0 unspecified atom stereocenters. The molecule has 182 valence electrons. The molecule has 1 N–H and O–H groups in total. The van der Waals surface area contributed by atoms with E-state index in [1.54, 1.807) is 30.3 Å². The molecule has 2 aliphatic rings. The van der Waals surface area contributed by atoms with Gasteiger partial charge in [-0.3, -0.25) is 9.59 Å². The van der Waals surface area contributed by atoms with Crippen LogP contribution >= 0.6 is 0 Å². The van der Waals surface area contributed by atoms with E-state index >= 15 is 0 Å². The summed E-state index contributed by atoms with van der Waals surface area (Å²) >= 11 is 0. The lowest BCUT2D eigenvalue weighted by atomic mass is 10.0. The Hall–Kier alpha value is -3.11. The van der Waals surface area contributed by atoms with E-state index in [2.05, 4.69) is 5.32 Å². The number of hydrogen-bond donors (Lipinski definition) is 1. The Kier molecular flexibility index (Phi) is 7.08. The topological polar surface area (TPSA) is 105 Å². The maximum absolute atomic E-state index is 13.1.